The molecule has 0 aliphatic heterocycles. The van der Waals surface area contributed by atoms with E-state index in [1.54, 1.807) is 6.07 Å². The molecule has 0 aromatic heterocycles. The van der Waals surface area contributed by atoms with Gasteiger partial charge < -0.3 is 17.7 Å². The van der Waals surface area contributed by atoms with E-state index in [1.807, 2.05) is 18.2 Å². The van der Waals surface area contributed by atoms with Crippen molar-refractivity contribution in [3.63, 3.8) is 0 Å². The van der Waals surface area contributed by atoms with Crippen LogP contribution in [-0.4, -0.2) is 5.11 Å². The van der Waals surface area contributed by atoms with E-state index in [-0.39, 0.29) is 36.2 Å². The number of hydrogen-bond acceptors (Lipinski definition) is 2. The Labute approximate surface area is 88.2 Å². The number of rotatable bonds is 1. The van der Waals surface area contributed by atoms with E-state index in [0.29, 0.717) is 0 Å². The van der Waals surface area contributed by atoms with E-state index >= 15 is 0 Å². The van der Waals surface area contributed by atoms with Crippen LogP contribution in [0.2, 0.25) is 0 Å². The van der Waals surface area contributed by atoms with Crippen molar-refractivity contribution in [1.29, 1.82) is 0 Å². The molecule has 0 aliphatic rings. The van der Waals surface area contributed by atoms with Crippen LogP contribution in [0.4, 0.5) is 0 Å². The minimum absolute atomic E-state index is 0. The third-order valence-electron chi connectivity index (χ3n) is 1.14. The van der Waals surface area contributed by atoms with Gasteiger partial charge in [-0.2, -0.15) is 4.90 Å². The maximum absolute atomic E-state index is 8.65. The first-order chi connectivity index (χ1) is 4.34. The first kappa shape index (κ1) is 10.4. The van der Waals surface area contributed by atoms with E-state index in [0.717, 1.165) is 10.5 Å². The van der Waals surface area contributed by atoms with Crippen LogP contribution in [0.3, 0.4) is 0 Å². The monoisotopic (exact) mass is 162 g/mol. The van der Waals surface area contributed by atoms with Crippen molar-refractivity contribution in [2.45, 2.75) is 11.5 Å². The van der Waals surface area contributed by atoms with Gasteiger partial charge in [0, 0.05) is 0 Å². The second kappa shape index (κ2) is 5.10. The molecule has 0 amide bonds. The molecule has 0 fully saturated rings. The van der Waals surface area contributed by atoms with Gasteiger partial charge in [0.1, 0.15) is 0 Å². The van der Waals surface area contributed by atoms with Crippen molar-refractivity contribution in [2.24, 2.45) is 0 Å². The molecule has 0 unspecified atom stereocenters. The number of aliphatic hydroxyl groups excluding tert-OH is 1. The fraction of sp³-hybridized carbons (Fsp3) is 0.143. The summed E-state index contributed by atoms with van der Waals surface area (Å²) in [5, 5.41) is 8.65. The summed E-state index contributed by atoms with van der Waals surface area (Å²) in [5.41, 5.74) is 0.826. The van der Waals surface area contributed by atoms with E-state index in [1.165, 1.54) is 0 Å². The summed E-state index contributed by atoms with van der Waals surface area (Å²) in [6.45, 7) is 0.0413. The molecule has 0 spiro atoms. The Kier molecular flexibility index (Phi) is 5.31. The second-order valence-corrected chi connectivity index (χ2v) is 2.21. The first-order valence-corrected chi connectivity index (χ1v) is 3.11. The number of aliphatic hydroxyl groups is 1. The van der Waals surface area contributed by atoms with Crippen LogP contribution in [0, 0.1) is 0 Å². The zero-order chi connectivity index (χ0) is 6.69. The summed E-state index contributed by atoms with van der Waals surface area (Å²) in [6, 6.07) is 7.35. The molecule has 1 N–H and O–H groups in total. The Balaban J connectivity index is 0.000000810. The van der Waals surface area contributed by atoms with Gasteiger partial charge in [0.15, 0.2) is 0 Å². The molecule has 1 aromatic rings. The van der Waals surface area contributed by atoms with Gasteiger partial charge in [-0.1, -0.05) is 24.3 Å². The van der Waals surface area contributed by atoms with Gasteiger partial charge in [-0.25, -0.2) is 0 Å². The van der Waals surface area contributed by atoms with Gasteiger partial charge in [0.2, 0.25) is 0 Å². The van der Waals surface area contributed by atoms with E-state index in [2.05, 4.69) is 0 Å². The second-order valence-electron chi connectivity index (χ2n) is 1.77. The molecule has 0 radical (unpaired) electrons. The van der Waals surface area contributed by atoms with Crippen LogP contribution in [0.5, 0.6) is 0 Å². The van der Waals surface area contributed by atoms with Crippen molar-refractivity contribution in [3.8, 4) is 0 Å². The molecule has 1 rings (SSSR count). The molecule has 3 heteroatoms. The maximum Gasteiger partial charge on any atom is 1.00 e. The van der Waals surface area contributed by atoms with Gasteiger partial charge >= 0.3 is 29.6 Å². The predicted octanol–water partition coefficient (Wildman–Crippen LogP) is -1.91. The van der Waals surface area contributed by atoms with E-state index < -0.39 is 0 Å². The summed E-state index contributed by atoms with van der Waals surface area (Å²) in [4.78, 5) is 0.736. The topological polar surface area (TPSA) is 20.2 Å². The summed E-state index contributed by atoms with van der Waals surface area (Å²) in [6.07, 6.45) is 0. The fourth-order valence-electron chi connectivity index (χ4n) is 0.634. The Hall–Kier alpha value is 0.400. The van der Waals surface area contributed by atoms with E-state index in [9.17, 15) is 0 Å². The Morgan fingerprint density at radius 1 is 1.30 bits per heavy atom. The zero-order valence-corrected chi connectivity index (χ0v) is 8.69. The third-order valence-corrected chi connectivity index (χ3v) is 1.54. The molecule has 10 heavy (non-hydrogen) atoms. The molecule has 1 nitrogen and oxygen atoms in total. The molecule has 0 atom stereocenters. The van der Waals surface area contributed by atoms with Crippen molar-refractivity contribution >= 4 is 12.6 Å². The maximum atomic E-state index is 8.65. The minimum atomic E-state index is 0. The van der Waals surface area contributed by atoms with Crippen LogP contribution in [0.15, 0.2) is 29.2 Å². The molecular weight excluding hydrogens is 155 g/mol. The fourth-order valence-corrected chi connectivity index (χ4v) is 0.846. The quantitative estimate of drug-likeness (QED) is 0.384. The molecule has 0 bridgehead atoms. The molecule has 48 valence electrons. The Morgan fingerprint density at radius 3 is 2.30 bits per heavy atom. The van der Waals surface area contributed by atoms with Crippen LogP contribution in [-0.2, 0) is 19.2 Å². The average Bonchev–Trinajstić information content (AvgIpc) is 1.89. The van der Waals surface area contributed by atoms with Crippen molar-refractivity contribution in [2.75, 3.05) is 0 Å². The molecule has 0 saturated heterocycles. The third kappa shape index (κ3) is 2.56. The molecule has 0 saturated carbocycles. The molecule has 1 aromatic carbocycles. The van der Waals surface area contributed by atoms with Gasteiger partial charge in [0.05, 0.1) is 6.61 Å². The predicted molar refractivity (Wildman–Crippen MR) is 38.0 cm³/mol. The zero-order valence-electron chi connectivity index (χ0n) is 5.87. The summed E-state index contributed by atoms with van der Waals surface area (Å²) < 4.78 is 0. The molecule has 0 heterocycles. The summed E-state index contributed by atoms with van der Waals surface area (Å²) in [7, 11) is 0. The van der Waals surface area contributed by atoms with Gasteiger partial charge in [-0.3, -0.25) is 0 Å². The van der Waals surface area contributed by atoms with Crippen molar-refractivity contribution < 1.29 is 34.7 Å². The van der Waals surface area contributed by atoms with E-state index in [4.69, 9.17) is 17.7 Å². The van der Waals surface area contributed by atoms with Crippen LogP contribution >= 0.6 is 0 Å². The average molecular weight is 162 g/mol. The summed E-state index contributed by atoms with van der Waals surface area (Å²) >= 11 is 4.89. The normalized spacial score (nSPS) is 8.50. The smallest absolute Gasteiger partial charge is 0.779 e. The number of hydrogen-bond donors (Lipinski definition) is 1. The van der Waals surface area contributed by atoms with Crippen molar-refractivity contribution in [3.05, 3.63) is 29.8 Å². The van der Waals surface area contributed by atoms with Crippen molar-refractivity contribution in [1.82, 2.24) is 0 Å². The first-order valence-electron chi connectivity index (χ1n) is 2.70. The molecule has 0 aliphatic carbocycles. The standard InChI is InChI=1S/C7H8OS.Na/c8-5-6-3-1-2-4-7(6)9;/h1-4,8-9H,5H2;/q;+1/p-1. The van der Waals surface area contributed by atoms with Crippen LogP contribution in [0.25, 0.3) is 0 Å². The number of benzene rings is 1. The molecular formula is C7H7NaOS. The van der Waals surface area contributed by atoms with Gasteiger partial charge in [0.25, 0.3) is 0 Å². The van der Waals surface area contributed by atoms with Gasteiger partial charge in [-0.05, 0) is 5.56 Å². The minimum Gasteiger partial charge on any atom is -0.779 e. The van der Waals surface area contributed by atoms with Crippen LogP contribution < -0.4 is 29.6 Å². The Morgan fingerprint density at radius 2 is 1.90 bits per heavy atom. The largest absolute Gasteiger partial charge is 1.00 e. The SMILES string of the molecule is OCc1ccccc1[S-].[Na+]. The van der Waals surface area contributed by atoms with Crippen LogP contribution in [0.1, 0.15) is 5.56 Å². The summed E-state index contributed by atoms with van der Waals surface area (Å²) in [5.74, 6) is 0. The Bertz CT molecular complexity index is 203. The van der Waals surface area contributed by atoms with Gasteiger partial charge in [-0.15, -0.1) is 0 Å².